The summed E-state index contributed by atoms with van der Waals surface area (Å²) in [6, 6.07) is 17.7. The number of aromatic hydroxyl groups is 1. The molecule has 0 radical (unpaired) electrons. The highest BCUT2D eigenvalue weighted by Gasteiger charge is 2.16. The van der Waals surface area contributed by atoms with Gasteiger partial charge in [-0.25, -0.2) is 4.68 Å². The fourth-order valence-corrected chi connectivity index (χ4v) is 2.32. The number of hydrogen-bond donors (Lipinski definition) is 1. The number of nitrogens with zero attached hydrogens (tertiary/aromatic N) is 2. The molecule has 0 aliphatic heterocycles. The van der Waals surface area contributed by atoms with Gasteiger partial charge in [0, 0.05) is 0 Å². The van der Waals surface area contributed by atoms with Crippen molar-refractivity contribution in [2.75, 3.05) is 0 Å². The fourth-order valence-electron chi connectivity index (χ4n) is 2.32. The van der Waals surface area contributed by atoms with Crippen molar-refractivity contribution in [3.63, 3.8) is 0 Å². The summed E-state index contributed by atoms with van der Waals surface area (Å²) in [5.41, 5.74) is 4.63. The van der Waals surface area contributed by atoms with Gasteiger partial charge in [-0.15, -0.1) is 0 Å². The summed E-state index contributed by atoms with van der Waals surface area (Å²) in [6.45, 7) is 3.96. The third-order valence-corrected chi connectivity index (χ3v) is 3.38. The summed E-state index contributed by atoms with van der Waals surface area (Å²) < 4.78 is 1.57. The van der Waals surface area contributed by atoms with Crippen molar-refractivity contribution in [3.05, 3.63) is 65.9 Å². The Balaban J connectivity index is 2.14. The van der Waals surface area contributed by atoms with Crippen LogP contribution >= 0.6 is 0 Å². The predicted octanol–water partition coefficient (Wildman–Crippen LogP) is 3.86. The molecule has 1 heterocycles. The molecule has 0 unspecified atom stereocenters. The molecule has 100 valence electrons. The molecule has 0 amide bonds. The van der Waals surface area contributed by atoms with E-state index >= 15 is 0 Å². The van der Waals surface area contributed by atoms with E-state index in [2.05, 4.69) is 5.10 Å². The van der Waals surface area contributed by atoms with Crippen LogP contribution < -0.4 is 0 Å². The van der Waals surface area contributed by atoms with Crippen molar-refractivity contribution < 1.29 is 5.11 Å². The third-order valence-electron chi connectivity index (χ3n) is 3.38. The second-order valence-corrected chi connectivity index (χ2v) is 4.90. The van der Waals surface area contributed by atoms with Gasteiger partial charge in [0.25, 0.3) is 0 Å². The number of aryl methyl sites for hydroxylation is 2. The Morgan fingerprint density at radius 1 is 0.900 bits per heavy atom. The van der Waals surface area contributed by atoms with E-state index in [4.69, 9.17) is 0 Å². The largest absolute Gasteiger partial charge is 0.493 e. The van der Waals surface area contributed by atoms with Crippen LogP contribution in [-0.2, 0) is 0 Å². The van der Waals surface area contributed by atoms with Gasteiger partial charge in [0.2, 0.25) is 5.88 Å². The molecule has 0 aliphatic rings. The topological polar surface area (TPSA) is 38.0 Å². The van der Waals surface area contributed by atoms with Crippen molar-refractivity contribution in [1.29, 1.82) is 0 Å². The lowest BCUT2D eigenvalue weighted by atomic mass is 10.0. The van der Waals surface area contributed by atoms with E-state index in [0.717, 1.165) is 22.5 Å². The standard InChI is InChI=1S/C17H16N2O/c1-12-8-10-14(11-9-12)16-13(2)18-19(17(16)20)15-6-4-3-5-7-15/h3-11,20H,1-2H3. The van der Waals surface area contributed by atoms with E-state index < -0.39 is 0 Å². The van der Waals surface area contributed by atoms with Gasteiger partial charge in [-0.3, -0.25) is 0 Å². The molecule has 2 aromatic carbocycles. The van der Waals surface area contributed by atoms with E-state index in [1.165, 1.54) is 5.56 Å². The van der Waals surface area contributed by atoms with Gasteiger partial charge < -0.3 is 5.11 Å². The first-order chi connectivity index (χ1) is 9.66. The summed E-state index contributed by atoms with van der Waals surface area (Å²) in [5, 5.41) is 14.9. The summed E-state index contributed by atoms with van der Waals surface area (Å²) in [7, 11) is 0. The first-order valence-electron chi connectivity index (χ1n) is 6.58. The van der Waals surface area contributed by atoms with E-state index in [9.17, 15) is 5.11 Å². The highest BCUT2D eigenvalue weighted by atomic mass is 16.3. The molecular weight excluding hydrogens is 248 g/mol. The number of benzene rings is 2. The number of aromatic nitrogens is 2. The van der Waals surface area contributed by atoms with Crippen LogP contribution in [0, 0.1) is 13.8 Å². The Hall–Kier alpha value is -2.55. The molecular formula is C17H16N2O. The minimum absolute atomic E-state index is 0.178. The van der Waals surface area contributed by atoms with Crippen LogP contribution in [0.15, 0.2) is 54.6 Å². The minimum Gasteiger partial charge on any atom is -0.493 e. The van der Waals surface area contributed by atoms with Gasteiger partial charge in [0.05, 0.1) is 16.9 Å². The third kappa shape index (κ3) is 2.07. The molecule has 0 atom stereocenters. The number of hydrogen-bond acceptors (Lipinski definition) is 2. The Morgan fingerprint density at radius 2 is 1.55 bits per heavy atom. The zero-order chi connectivity index (χ0) is 14.1. The molecule has 1 aromatic heterocycles. The maximum atomic E-state index is 10.5. The molecule has 0 bridgehead atoms. The lowest BCUT2D eigenvalue weighted by Gasteiger charge is -2.04. The second kappa shape index (κ2) is 4.85. The Bertz CT molecular complexity index is 728. The Kier molecular flexibility index (Phi) is 3.03. The van der Waals surface area contributed by atoms with Crippen molar-refractivity contribution in [1.82, 2.24) is 9.78 Å². The van der Waals surface area contributed by atoms with Crippen LogP contribution in [0.25, 0.3) is 16.8 Å². The van der Waals surface area contributed by atoms with Gasteiger partial charge >= 0.3 is 0 Å². The lowest BCUT2D eigenvalue weighted by molar-refractivity contribution is 0.435. The zero-order valence-electron chi connectivity index (χ0n) is 11.5. The monoisotopic (exact) mass is 264 g/mol. The molecule has 1 N–H and O–H groups in total. The van der Waals surface area contributed by atoms with E-state index in [1.54, 1.807) is 4.68 Å². The van der Waals surface area contributed by atoms with Crippen molar-refractivity contribution >= 4 is 0 Å². The van der Waals surface area contributed by atoms with Crippen LogP contribution in [0.4, 0.5) is 0 Å². The SMILES string of the molecule is Cc1ccc(-c2c(C)nn(-c3ccccc3)c2O)cc1. The van der Waals surface area contributed by atoms with Crippen LogP contribution in [0.2, 0.25) is 0 Å². The van der Waals surface area contributed by atoms with Crippen LogP contribution in [0.5, 0.6) is 5.88 Å². The van der Waals surface area contributed by atoms with E-state index in [0.29, 0.717) is 0 Å². The highest BCUT2D eigenvalue weighted by molar-refractivity contribution is 5.72. The van der Waals surface area contributed by atoms with Crippen molar-refractivity contribution in [3.8, 4) is 22.7 Å². The predicted molar refractivity (Wildman–Crippen MR) is 80.1 cm³/mol. The molecule has 3 nitrogen and oxygen atoms in total. The smallest absolute Gasteiger partial charge is 0.222 e. The molecule has 3 rings (SSSR count). The fraction of sp³-hybridized carbons (Fsp3) is 0.118. The van der Waals surface area contributed by atoms with E-state index in [-0.39, 0.29) is 5.88 Å². The first kappa shape index (κ1) is 12.5. The van der Waals surface area contributed by atoms with Crippen molar-refractivity contribution in [2.24, 2.45) is 0 Å². The van der Waals surface area contributed by atoms with Gasteiger partial charge in [-0.1, -0.05) is 48.0 Å². The summed E-state index contributed by atoms with van der Waals surface area (Å²) in [4.78, 5) is 0. The normalized spacial score (nSPS) is 10.7. The molecule has 0 spiro atoms. The molecule has 0 saturated carbocycles. The number of para-hydroxylation sites is 1. The number of rotatable bonds is 2. The highest BCUT2D eigenvalue weighted by Crippen LogP contribution is 2.34. The molecule has 3 heteroatoms. The molecule has 3 aromatic rings. The summed E-state index contributed by atoms with van der Waals surface area (Å²) >= 11 is 0. The van der Waals surface area contributed by atoms with Gasteiger partial charge in [-0.05, 0) is 31.5 Å². The molecule has 0 fully saturated rings. The molecule has 20 heavy (non-hydrogen) atoms. The van der Waals surface area contributed by atoms with Crippen LogP contribution in [-0.4, -0.2) is 14.9 Å². The van der Waals surface area contributed by atoms with E-state index in [1.807, 2.05) is 68.4 Å². The first-order valence-corrected chi connectivity index (χ1v) is 6.58. The van der Waals surface area contributed by atoms with Gasteiger partial charge in [-0.2, -0.15) is 5.10 Å². The average molecular weight is 264 g/mol. The summed E-state index contributed by atoms with van der Waals surface area (Å²) in [6.07, 6.45) is 0. The zero-order valence-corrected chi connectivity index (χ0v) is 11.5. The van der Waals surface area contributed by atoms with Crippen LogP contribution in [0.3, 0.4) is 0 Å². The Labute approximate surface area is 118 Å². The average Bonchev–Trinajstić information content (AvgIpc) is 2.76. The lowest BCUT2D eigenvalue weighted by Crippen LogP contribution is -1.95. The quantitative estimate of drug-likeness (QED) is 0.763. The Morgan fingerprint density at radius 3 is 2.20 bits per heavy atom. The minimum atomic E-state index is 0.178. The van der Waals surface area contributed by atoms with Crippen LogP contribution in [0.1, 0.15) is 11.3 Å². The maximum Gasteiger partial charge on any atom is 0.222 e. The van der Waals surface area contributed by atoms with Crippen molar-refractivity contribution in [2.45, 2.75) is 13.8 Å². The maximum absolute atomic E-state index is 10.5. The molecule has 0 saturated heterocycles. The van der Waals surface area contributed by atoms with Gasteiger partial charge in [0.15, 0.2) is 0 Å². The molecule has 0 aliphatic carbocycles. The second-order valence-electron chi connectivity index (χ2n) is 4.90. The van der Waals surface area contributed by atoms with Gasteiger partial charge in [0.1, 0.15) is 0 Å². The summed E-state index contributed by atoms with van der Waals surface area (Å²) in [5.74, 6) is 0.178.